The Morgan fingerprint density at radius 1 is 0.882 bits per heavy atom. The van der Waals surface area contributed by atoms with Crippen LogP contribution in [0.15, 0.2) is 54.9 Å². The summed E-state index contributed by atoms with van der Waals surface area (Å²) in [5.41, 5.74) is 3.71. The highest BCUT2D eigenvalue weighted by atomic mass is 19.2. The number of hydrogen-bond acceptors (Lipinski definition) is 5. The van der Waals surface area contributed by atoms with E-state index in [1.165, 1.54) is 18.9 Å². The van der Waals surface area contributed by atoms with E-state index < -0.39 is 11.6 Å². The lowest BCUT2D eigenvalue weighted by Crippen LogP contribution is -2.48. The fraction of sp³-hybridized carbons (Fsp3) is 0.346. The van der Waals surface area contributed by atoms with Crippen molar-refractivity contribution in [2.75, 3.05) is 31.1 Å². The van der Waals surface area contributed by atoms with E-state index in [9.17, 15) is 8.78 Å². The molecule has 2 aliphatic heterocycles. The number of rotatable bonds is 3. The predicted molar refractivity (Wildman–Crippen MR) is 128 cm³/mol. The fourth-order valence-electron chi connectivity index (χ4n) is 5.37. The number of imidazole rings is 1. The molecule has 0 bridgehead atoms. The van der Waals surface area contributed by atoms with Crippen LogP contribution < -0.4 is 10.2 Å². The van der Waals surface area contributed by atoms with Gasteiger partial charge in [-0.2, -0.15) is 0 Å². The molecule has 2 saturated heterocycles. The summed E-state index contributed by atoms with van der Waals surface area (Å²) in [4.78, 5) is 11.2. The Bertz CT molecular complexity index is 1320. The molecule has 6 nitrogen and oxygen atoms in total. The van der Waals surface area contributed by atoms with E-state index in [-0.39, 0.29) is 0 Å². The third-order valence-electron chi connectivity index (χ3n) is 7.32. The zero-order chi connectivity index (χ0) is 23.1. The maximum absolute atomic E-state index is 14.1. The molecular formula is C26H26F2N6. The zero-order valence-electron chi connectivity index (χ0n) is 18.8. The van der Waals surface area contributed by atoms with Crippen LogP contribution in [-0.2, 0) is 0 Å². The van der Waals surface area contributed by atoms with E-state index in [1.54, 1.807) is 18.5 Å². The highest BCUT2D eigenvalue weighted by molar-refractivity contribution is 5.81. The molecule has 8 heteroatoms. The largest absolute Gasteiger partial charge is 0.355 e. The standard InChI is InChI=1S/C26H26F2N6/c27-20-3-2-19(16-21(20)28)24-25(18-6-12-29-13-7-18)34-22(31-24)4-5-23(32-34)33-14-9-26(10-15-33)8-1-11-30-17-26/h2-7,12-13,16,30H,1,8-11,14-15,17H2. The molecule has 0 aliphatic carbocycles. The minimum absolute atomic E-state index is 0.413. The van der Waals surface area contributed by atoms with Crippen molar-refractivity contribution in [1.29, 1.82) is 0 Å². The van der Waals surface area contributed by atoms with E-state index in [2.05, 4.69) is 15.2 Å². The molecule has 2 fully saturated rings. The third kappa shape index (κ3) is 3.72. The maximum atomic E-state index is 14.1. The van der Waals surface area contributed by atoms with E-state index >= 15 is 0 Å². The van der Waals surface area contributed by atoms with Crippen LogP contribution in [0.1, 0.15) is 25.7 Å². The van der Waals surface area contributed by atoms with Gasteiger partial charge in [0.1, 0.15) is 11.5 Å². The number of fused-ring (bicyclic) bond motifs is 1. The monoisotopic (exact) mass is 460 g/mol. The zero-order valence-corrected chi connectivity index (χ0v) is 18.8. The van der Waals surface area contributed by atoms with Crippen LogP contribution in [0.25, 0.3) is 28.2 Å². The van der Waals surface area contributed by atoms with Gasteiger partial charge in [0.2, 0.25) is 0 Å². The molecule has 34 heavy (non-hydrogen) atoms. The van der Waals surface area contributed by atoms with Crippen molar-refractivity contribution < 1.29 is 8.78 Å². The number of benzene rings is 1. The van der Waals surface area contributed by atoms with Gasteiger partial charge in [0.25, 0.3) is 0 Å². The first-order valence-electron chi connectivity index (χ1n) is 11.8. The normalized spacial score (nSPS) is 18.0. The minimum Gasteiger partial charge on any atom is -0.355 e. The lowest BCUT2D eigenvalue weighted by atomic mass is 9.73. The molecule has 6 rings (SSSR count). The number of hydrogen-bond donors (Lipinski definition) is 1. The Labute approximate surface area is 196 Å². The second-order valence-electron chi connectivity index (χ2n) is 9.40. The van der Waals surface area contributed by atoms with Gasteiger partial charge in [-0.25, -0.2) is 18.3 Å². The van der Waals surface area contributed by atoms with Crippen LogP contribution in [0.5, 0.6) is 0 Å². The van der Waals surface area contributed by atoms with Crippen LogP contribution in [0.4, 0.5) is 14.6 Å². The molecule has 0 saturated carbocycles. The minimum atomic E-state index is -0.900. The first kappa shape index (κ1) is 21.2. The lowest BCUT2D eigenvalue weighted by Gasteiger charge is -2.44. The van der Waals surface area contributed by atoms with E-state index in [1.807, 2.05) is 28.8 Å². The molecule has 1 N–H and O–H groups in total. The second kappa shape index (κ2) is 8.43. The molecule has 0 atom stereocenters. The summed E-state index contributed by atoms with van der Waals surface area (Å²) in [7, 11) is 0. The smallest absolute Gasteiger partial charge is 0.159 e. The number of nitrogens with zero attached hydrogens (tertiary/aromatic N) is 5. The van der Waals surface area contributed by atoms with Gasteiger partial charge in [-0.05, 0) is 80.1 Å². The van der Waals surface area contributed by atoms with Crippen LogP contribution in [0.3, 0.4) is 0 Å². The van der Waals surface area contributed by atoms with Crippen molar-refractivity contribution in [1.82, 2.24) is 24.9 Å². The Hall–Kier alpha value is -3.39. The average molecular weight is 461 g/mol. The van der Waals surface area contributed by atoms with Crippen molar-refractivity contribution in [3.63, 3.8) is 0 Å². The molecule has 1 aromatic carbocycles. The summed E-state index contributed by atoms with van der Waals surface area (Å²) in [6.45, 7) is 4.17. The number of pyridine rings is 1. The average Bonchev–Trinajstić information content (AvgIpc) is 3.26. The molecule has 0 amide bonds. The van der Waals surface area contributed by atoms with Gasteiger partial charge in [0.05, 0.1) is 5.69 Å². The Morgan fingerprint density at radius 2 is 1.71 bits per heavy atom. The molecule has 1 spiro atoms. The topological polar surface area (TPSA) is 58.4 Å². The van der Waals surface area contributed by atoms with Crippen molar-refractivity contribution in [2.45, 2.75) is 25.7 Å². The Balaban J connectivity index is 1.41. The van der Waals surface area contributed by atoms with Crippen molar-refractivity contribution in [2.24, 2.45) is 5.41 Å². The molecule has 3 aromatic heterocycles. The number of nitrogens with one attached hydrogen (secondary N) is 1. The molecule has 0 radical (unpaired) electrons. The van der Waals surface area contributed by atoms with E-state index in [4.69, 9.17) is 10.1 Å². The number of halogens is 2. The van der Waals surface area contributed by atoms with Gasteiger partial charge >= 0.3 is 0 Å². The van der Waals surface area contributed by atoms with Crippen LogP contribution >= 0.6 is 0 Å². The number of anilines is 1. The molecule has 4 aromatic rings. The van der Waals surface area contributed by atoms with Crippen LogP contribution in [0, 0.1) is 17.0 Å². The molecule has 5 heterocycles. The first-order chi connectivity index (χ1) is 16.6. The first-order valence-corrected chi connectivity index (χ1v) is 11.8. The lowest BCUT2D eigenvalue weighted by molar-refractivity contribution is 0.161. The van der Waals surface area contributed by atoms with Gasteiger partial charge in [-0.1, -0.05) is 0 Å². The highest BCUT2D eigenvalue weighted by Crippen LogP contribution is 2.39. The number of piperidine rings is 2. The molecule has 0 unspecified atom stereocenters. The summed E-state index contributed by atoms with van der Waals surface area (Å²) in [5.74, 6) is -0.881. The van der Waals surface area contributed by atoms with Crippen molar-refractivity contribution in [3.05, 3.63) is 66.5 Å². The van der Waals surface area contributed by atoms with Gasteiger partial charge in [-0.3, -0.25) is 4.98 Å². The summed E-state index contributed by atoms with van der Waals surface area (Å²) < 4.78 is 29.5. The quantitative estimate of drug-likeness (QED) is 0.480. The second-order valence-corrected chi connectivity index (χ2v) is 9.40. The van der Waals surface area contributed by atoms with Gasteiger partial charge in [0.15, 0.2) is 17.3 Å². The summed E-state index contributed by atoms with van der Waals surface area (Å²) >= 11 is 0. The van der Waals surface area contributed by atoms with E-state index in [0.717, 1.165) is 62.2 Å². The summed E-state index contributed by atoms with van der Waals surface area (Å²) in [6, 6.07) is 11.6. The van der Waals surface area contributed by atoms with Gasteiger partial charge < -0.3 is 10.2 Å². The van der Waals surface area contributed by atoms with Gasteiger partial charge in [0, 0.05) is 43.2 Å². The summed E-state index contributed by atoms with van der Waals surface area (Å²) in [6.07, 6.45) is 8.26. The SMILES string of the molecule is Fc1ccc(-c2nc3ccc(N4CCC5(CCCNC5)CC4)nn3c2-c2ccncc2)cc1F. The van der Waals surface area contributed by atoms with Crippen molar-refractivity contribution in [3.8, 4) is 22.5 Å². The molecule has 2 aliphatic rings. The molecule has 174 valence electrons. The van der Waals surface area contributed by atoms with E-state index in [0.29, 0.717) is 22.3 Å². The van der Waals surface area contributed by atoms with Crippen molar-refractivity contribution >= 4 is 11.5 Å². The van der Waals surface area contributed by atoms with Gasteiger partial charge in [-0.15, -0.1) is 5.10 Å². The fourth-order valence-corrected chi connectivity index (χ4v) is 5.37. The number of aromatic nitrogens is 4. The highest BCUT2D eigenvalue weighted by Gasteiger charge is 2.36. The predicted octanol–water partition coefficient (Wildman–Crippen LogP) is 4.71. The Morgan fingerprint density at radius 3 is 2.44 bits per heavy atom. The van der Waals surface area contributed by atoms with Crippen LogP contribution in [0.2, 0.25) is 0 Å². The maximum Gasteiger partial charge on any atom is 0.159 e. The molecular weight excluding hydrogens is 434 g/mol. The third-order valence-corrected chi connectivity index (χ3v) is 7.32. The Kier molecular flexibility index (Phi) is 5.25. The summed E-state index contributed by atoms with van der Waals surface area (Å²) in [5, 5.41) is 8.54. The van der Waals surface area contributed by atoms with Crippen LogP contribution in [-0.4, -0.2) is 45.8 Å².